The van der Waals surface area contributed by atoms with Crippen molar-refractivity contribution in [3.8, 4) is 5.69 Å². The largest absolute Gasteiger partial charge is 0.369 e. The van der Waals surface area contributed by atoms with E-state index < -0.39 is 0 Å². The fourth-order valence-electron chi connectivity index (χ4n) is 1.37. The Bertz CT molecular complexity index is 573. The summed E-state index contributed by atoms with van der Waals surface area (Å²) in [5, 5.41) is 9.88. The molecule has 0 fully saturated rings. The fraction of sp³-hybridized carbons (Fsp3) is 0.111. The third-order valence-corrected chi connectivity index (χ3v) is 2.28. The van der Waals surface area contributed by atoms with Gasteiger partial charge in [-0.2, -0.15) is 5.21 Å². The molecule has 82 valence electrons. The van der Waals surface area contributed by atoms with Crippen LogP contribution in [0.1, 0.15) is 5.56 Å². The molecule has 16 heavy (non-hydrogen) atoms. The van der Waals surface area contributed by atoms with Gasteiger partial charge in [0.2, 0.25) is 10.7 Å². The van der Waals surface area contributed by atoms with Crippen LogP contribution >= 0.6 is 12.2 Å². The molecule has 1 amide bonds. The predicted molar refractivity (Wildman–Crippen MR) is 59.4 cm³/mol. The third kappa shape index (κ3) is 2.14. The highest BCUT2D eigenvalue weighted by Crippen LogP contribution is 2.09. The number of hydrogen-bond donors (Lipinski definition) is 2. The van der Waals surface area contributed by atoms with Crippen LogP contribution in [0.5, 0.6) is 0 Å². The second-order valence-corrected chi connectivity index (χ2v) is 3.60. The summed E-state index contributed by atoms with van der Waals surface area (Å²) in [7, 11) is 0. The average molecular weight is 235 g/mol. The van der Waals surface area contributed by atoms with Gasteiger partial charge in [0.15, 0.2) is 0 Å². The molecule has 2 rings (SSSR count). The second-order valence-electron chi connectivity index (χ2n) is 3.23. The van der Waals surface area contributed by atoms with Crippen molar-refractivity contribution in [2.45, 2.75) is 6.42 Å². The Morgan fingerprint density at radius 2 is 2.38 bits per heavy atom. The number of H-pyrrole nitrogens is 1. The molecule has 1 aromatic carbocycles. The van der Waals surface area contributed by atoms with Crippen LogP contribution in [0, 0.1) is 4.77 Å². The van der Waals surface area contributed by atoms with E-state index in [9.17, 15) is 4.79 Å². The van der Waals surface area contributed by atoms with E-state index >= 15 is 0 Å². The molecule has 0 radical (unpaired) electrons. The summed E-state index contributed by atoms with van der Waals surface area (Å²) < 4.78 is 1.87. The summed E-state index contributed by atoms with van der Waals surface area (Å²) in [6.45, 7) is 0. The number of amides is 1. The second kappa shape index (κ2) is 4.23. The van der Waals surface area contributed by atoms with Crippen LogP contribution in [0.25, 0.3) is 5.69 Å². The van der Waals surface area contributed by atoms with E-state index in [1.807, 2.05) is 18.2 Å². The number of hydrogen-bond acceptors (Lipinski definition) is 4. The number of nitrogens with zero attached hydrogens (tertiary/aromatic N) is 3. The fourth-order valence-corrected chi connectivity index (χ4v) is 1.56. The minimum atomic E-state index is -0.372. The average Bonchev–Trinajstić information content (AvgIpc) is 2.64. The summed E-state index contributed by atoms with van der Waals surface area (Å²) >= 11 is 4.96. The minimum absolute atomic E-state index is 0.197. The first-order valence-electron chi connectivity index (χ1n) is 4.54. The Kier molecular flexibility index (Phi) is 2.78. The summed E-state index contributed by atoms with van der Waals surface area (Å²) in [4.78, 5) is 10.8. The van der Waals surface area contributed by atoms with Gasteiger partial charge in [0.25, 0.3) is 0 Å². The molecule has 0 saturated carbocycles. The predicted octanol–water partition coefficient (Wildman–Crippen LogP) is 0.353. The number of nitrogens with one attached hydrogen (secondary N) is 1. The molecule has 0 aliphatic rings. The number of aromatic amines is 1. The van der Waals surface area contributed by atoms with Gasteiger partial charge >= 0.3 is 0 Å². The van der Waals surface area contributed by atoms with Gasteiger partial charge in [-0.25, -0.2) is 4.68 Å². The minimum Gasteiger partial charge on any atom is -0.369 e. The van der Waals surface area contributed by atoms with Crippen molar-refractivity contribution in [3.63, 3.8) is 0 Å². The first-order valence-corrected chi connectivity index (χ1v) is 4.95. The number of benzene rings is 1. The molecule has 6 nitrogen and oxygen atoms in total. The first kappa shape index (κ1) is 10.5. The zero-order valence-corrected chi connectivity index (χ0v) is 9.07. The normalized spacial score (nSPS) is 10.2. The Balaban J connectivity index is 2.40. The Labute approximate surface area is 96.1 Å². The van der Waals surface area contributed by atoms with E-state index in [0.717, 1.165) is 11.3 Å². The maximum absolute atomic E-state index is 10.8. The van der Waals surface area contributed by atoms with Crippen LogP contribution in [0.3, 0.4) is 0 Å². The van der Waals surface area contributed by atoms with Crippen molar-refractivity contribution < 1.29 is 4.79 Å². The van der Waals surface area contributed by atoms with Crippen LogP contribution in [0.15, 0.2) is 24.3 Å². The first-order chi connectivity index (χ1) is 7.66. The summed E-state index contributed by atoms with van der Waals surface area (Å²) in [6, 6.07) is 7.28. The number of carbonyl (C=O) groups excluding carboxylic acids is 1. The maximum atomic E-state index is 10.8. The van der Waals surface area contributed by atoms with Gasteiger partial charge in [-0.3, -0.25) is 4.79 Å². The van der Waals surface area contributed by atoms with E-state index in [-0.39, 0.29) is 12.3 Å². The maximum Gasteiger partial charge on any atom is 0.242 e. The number of carbonyl (C=O) groups is 1. The molecule has 0 saturated heterocycles. The highest BCUT2D eigenvalue weighted by molar-refractivity contribution is 7.71. The number of tetrazole rings is 1. The zero-order valence-electron chi connectivity index (χ0n) is 8.25. The Morgan fingerprint density at radius 1 is 1.56 bits per heavy atom. The quantitative estimate of drug-likeness (QED) is 0.751. The van der Waals surface area contributed by atoms with Gasteiger partial charge in [-0.05, 0) is 29.9 Å². The highest BCUT2D eigenvalue weighted by atomic mass is 32.1. The van der Waals surface area contributed by atoms with Crippen LogP contribution in [0.4, 0.5) is 0 Å². The van der Waals surface area contributed by atoms with Gasteiger partial charge in [0, 0.05) is 0 Å². The summed E-state index contributed by atoms with van der Waals surface area (Å²) in [6.07, 6.45) is 0.197. The molecular weight excluding hydrogens is 226 g/mol. The van der Waals surface area contributed by atoms with Crippen molar-refractivity contribution in [3.05, 3.63) is 34.6 Å². The standard InChI is InChI=1S/C9H9N5OS/c10-8(15)5-6-2-1-3-7(4-6)14-9(16)11-12-13-14/h1-4H,5H2,(H2,10,15)(H,11,13,16). The molecule has 1 aromatic heterocycles. The number of rotatable bonds is 3. The molecule has 0 aliphatic carbocycles. The Hall–Kier alpha value is -2.02. The lowest BCUT2D eigenvalue weighted by Gasteiger charge is -2.03. The van der Waals surface area contributed by atoms with Crippen molar-refractivity contribution in [2.24, 2.45) is 5.73 Å². The lowest BCUT2D eigenvalue weighted by atomic mass is 10.1. The lowest BCUT2D eigenvalue weighted by Crippen LogP contribution is -2.13. The Morgan fingerprint density at radius 3 is 3.00 bits per heavy atom. The molecule has 7 heteroatoms. The van der Waals surface area contributed by atoms with E-state index in [4.69, 9.17) is 18.0 Å². The summed E-state index contributed by atoms with van der Waals surface area (Å²) in [5.41, 5.74) is 6.72. The van der Waals surface area contributed by atoms with Crippen molar-refractivity contribution in [1.82, 2.24) is 20.2 Å². The molecule has 0 aliphatic heterocycles. The highest BCUT2D eigenvalue weighted by Gasteiger charge is 2.03. The topological polar surface area (TPSA) is 89.6 Å². The SMILES string of the molecule is NC(=O)Cc1cccc(-n2[nH]nnc2=S)c1. The molecule has 0 spiro atoms. The monoisotopic (exact) mass is 235 g/mol. The zero-order chi connectivity index (χ0) is 11.5. The van der Waals surface area contributed by atoms with E-state index in [2.05, 4.69) is 15.5 Å². The van der Waals surface area contributed by atoms with Gasteiger partial charge in [-0.15, -0.1) is 0 Å². The molecule has 0 atom stereocenters. The van der Waals surface area contributed by atoms with Gasteiger partial charge in [0.1, 0.15) is 0 Å². The van der Waals surface area contributed by atoms with E-state index in [1.165, 1.54) is 0 Å². The number of aromatic nitrogens is 4. The molecule has 3 N–H and O–H groups in total. The molecule has 2 aromatic rings. The molecular formula is C9H9N5OS. The van der Waals surface area contributed by atoms with Crippen LogP contribution in [0.2, 0.25) is 0 Å². The van der Waals surface area contributed by atoms with Gasteiger partial charge in [0.05, 0.1) is 12.1 Å². The summed E-state index contributed by atoms with van der Waals surface area (Å²) in [5.74, 6) is -0.372. The number of nitrogens with two attached hydrogens (primary N) is 1. The number of primary amides is 1. The van der Waals surface area contributed by atoms with Crippen molar-refractivity contribution >= 4 is 18.1 Å². The molecule has 0 unspecified atom stereocenters. The van der Waals surface area contributed by atoms with Crippen LogP contribution < -0.4 is 5.73 Å². The van der Waals surface area contributed by atoms with E-state index in [0.29, 0.717) is 4.77 Å². The van der Waals surface area contributed by atoms with Gasteiger partial charge in [-0.1, -0.05) is 22.4 Å². The van der Waals surface area contributed by atoms with Crippen molar-refractivity contribution in [1.29, 1.82) is 0 Å². The van der Waals surface area contributed by atoms with Crippen LogP contribution in [-0.2, 0) is 11.2 Å². The van der Waals surface area contributed by atoms with Crippen LogP contribution in [-0.4, -0.2) is 26.1 Å². The van der Waals surface area contributed by atoms with E-state index in [1.54, 1.807) is 10.7 Å². The third-order valence-electron chi connectivity index (χ3n) is 2.02. The lowest BCUT2D eigenvalue weighted by molar-refractivity contribution is -0.117. The van der Waals surface area contributed by atoms with Crippen molar-refractivity contribution in [2.75, 3.05) is 0 Å². The molecule has 1 heterocycles. The molecule has 0 bridgehead atoms. The van der Waals surface area contributed by atoms with Gasteiger partial charge < -0.3 is 5.73 Å². The smallest absolute Gasteiger partial charge is 0.242 e.